The van der Waals surface area contributed by atoms with Crippen molar-refractivity contribution in [1.29, 1.82) is 0 Å². The quantitative estimate of drug-likeness (QED) is 0.539. The first-order valence-corrected chi connectivity index (χ1v) is 8.66. The molecule has 0 unspecified atom stereocenters. The van der Waals surface area contributed by atoms with Crippen LogP contribution in [0.5, 0.6) is 0 Å². The summed E-state index contributed by atoms with van der Waals surface area (Å²) in [5.74, 6) is -0.727. The first-order valence-electron chi connectivity index (χ1n) is 7.18. The maximum atomic E-state index is 12.8. The van der Waals surface area contributed by atoms with Crippen molar-refractivity contribution < 1.29 is 17.6 Å². The van der Waals surface area contributed by atoms with E-state index in [9.17, 15) is 17.6 Å². The van der Waals surface area contributed by atoms with Gasteiger partial charge in [0.1, 0.15) is 5.82 Å². The van der Waals surface area contributed by atoms with E-state index in [1.807, 2.05) is 0 Å². The Balaban J connectivity index is 0.00000484. The number of benzene rings is 1. The summed E-state index contributed by atoms with van der Waals surface area (Å²) in [6.07, 6.45) is 1.08. The van der Waals surface area contributed by atoms with Gasteiger partial charge in [0.05, 0.1) is 4.90 Å². The molecule has 1 aromatic rings. The molecule has 1 rings (SSSR count). The van der Waals surface area contributed by atoms with Crippen LogP contribution in [0, 0.1) is 5.82 Å². The summed E-state index contributed by atoms with van der Waals surface area (Å²) in [7, 11) is -3.71. The van der Waals surface area contributed by atoms with Crippen LogP contribution in [0.3, 0.4) is 0 Å². The number of sulfonamides is 1. The lowest BCUT2D eigenvalue weighted by molar-refractivity contribution is -0.120. The monoisotopic (exact) mass is 367 g/mol. The number of hydrogen-bond donors (Lipinski definition) is 3. The van der Waals surface area contributed by atoms with Crippen LogP contribution in [0.2, 0.25) is 0 Å². The highest BCUT2D eigenvalue weighted by molar-refractivity contribution is 7.89. The van der Waals surface area contributed by atoms with E-state index in [1.54, 1.807) is 0 Å². The lowest BCUT2D eigenvalue weighted by Crippen LogP contribution is -2.34. The minimum Gasteiger partial charge on any atom is -0.355 e. The molecule has 0 aromatic heterocycles. The molecule has 6 nitrogen and oxygen atoms in total. The molecule has 0 bridgehead atoms. The van der Waals surface area contributed by atoms with Crippen molar-refractivity contribution in [3.63, 3.8) is 0 Å². The van der Waals surface area contributed by atoms with Gasteiger partial charge in [0.15, 0.2) is 0 Å². The van der Waals surface area contributed by atoms with Crippen molar-refractivity contribution in [2.75, 3.05) is 26.2 Å². The third-order valence-electron chi connectivity index (χ3n) is 2.82. The molecular weight excluding hydrogens is 345 g/mol. The molecule has 0 aliphatic heterocycles. The smallest absolute Gasteiger partial charge is 0.240 e. The molecule has 1 amide bonds. The fourth-order valence-electron chi connectivity index (χ4n) is 1.68. The second kappa shape index (κ2) is 11.3. The fourth-order valence-corrected chi connectivity index (χ4v) is 2.71. The summed E-state index contributed by atoms with van der Waals surface area (Å²) in [5, 5.41) is 5.83. The zero-order valence-corrected chi connectivity index (χ0v) is 14.6. The molecule has 9 heteroatoms. The van der Waals surface area contributed by atoms with Crippen molar-refractivity contribution in [3.05, 3.63) is 30.1 Å². The first-order chi connectivity index (χ1) is 10.5. The molecule has 0 saturated carbocycles. The largest absolute Gasteiger partial charge is 0.355 e. The van der Waals surface area contributed by atoms with Crippen LogP contribution in [-0.2, 0) is 14.8 Å². The van der Waals surface area contributed by atoms with Crippen molar-refractivity contribution in [1.82, 2.24) is 15.4 Å². The van der Waals surface area contributed by atoms with E-state index in [1.165, 1.54) is 12.1 Å². The van der Waals surface area contributed by atoms with Gasteiger partial charge in [-0.1, -0.05) is 6.92 Å². The van der Waals surface area contributed by atoms with Gasteiger partial charge in [-0.3, -0.25) is 4.79 Å². The van der Waals surface area contributed by atoms with Crippen LogP contribution >= 0.6 is 12.4 Å². The Labute approximate surface area is 142 Å². The maximum Gasteiger partial charge on any atom is 0.240 e. The fraction of sp³-hybridized carbons (Fsp3) is 0.500. The van der Waals surface area contributed by atoms with Crippen LogP contribution in [0.15, 0.2) is 29.2 Å². The highest BCUT2D eigenvalue weighted by atomic mass is 35.5. The Bertz CT molecular complexity index is 567. The van der Waals surface area contributed by atoms with E-state index in [2.05, 4.69) is 22.3 Å². The van der Waals surface area contributed by atoms with Gasteiger partial charge in [-0.2, -0.15) is 0 Å². The molecule has 0 heterocycles. The van der Waals surface area contributed by atoms with Gasteiger partial charge < -0.3 is 10.6 Å². The minimum absolute atomic E-state index is 0. The standard InChI is InChI=1S/C14H22FN3O3S.ClH/c1-2-8-16-10-11-17-14(19)7-9-18-22(20,21)13-5-3-12(15)4-6-13;/h3-6,16,18H,2,7-11H2,1H3,(H,17,19);1H. The van der Waals surface area contributed by atoms with Gasteiger partial charge in [-0.15, -0.1) is 12.4 Å². The molecular formula is C14H23ClFN3O3S. The number of carbonyl (C=O) groups excluding carboxylic acids is 1. The van der Waals surface area contributed by atoms with E-state index in [4.69, 9.17) is 0 Å². The molecule has 23 heavy (non-hydrogen) atoms. The lowest BCUT2D eigenvalue weighted by atomic mass is 10.4. The number of amides is 1. The Morgan fingerprint density at radius 3 is 2.35 bits per heavy atom. The van der Waals surface area contributed by atoms with Crippen LogP contribution in [0.1, 0.15) is 19.8 Å². The van der Waals surface area contributed by atoms with Crippen molar-refractivity contribution in [3.8, 4) is 0 Å². The summed E-state index contributed by atoms with van der Waals surface area (Å²) in [6.45, 7) is 4.13. The van der Waals surface area contributed by atoms with Crippen molar-refractivity contribution >= 4 is 28.3 Å². The summed E-state index contributed by atoms with van der Waals surface area (Å²) in [5.41, 5.74) is 0. The Kier molecular flexibility index (Phi) is 10.7. The number of rotatable bonds is 10. The second-order valence-corrected chi connectivity index (χ2v) is 6.47. The molecule has 1 aromatic carbocycles. The zero-order chi connectivity index (χ0) is 16.4. The molecule has 0 spiro atoms. The third-order valence-corrected chi connectivity index (χ3v) is 4.30. The number of halogens is 2. The van der Waals surface area contributed by atoms with Gasteiger partial charge in [-0.25, -0.2) is 17.5 Å². The minimum atomic E-state index is -3.71. The van der Waals surface area contributed by atoms with Crippen molar-refractivity contribution in [2.24, 2.45) is 0 Å². The molecule has 132 valence electrons. The third kappa shape index (κ3) is 8.85. The Hall–Kier alpha value is -1.22. The summed E-state index contributed by atoms with van der Waals surface area (Å²) in [6, 6.07) is 4.50. The molecule has 0 atom stereocenters. The summed E-state index contributed by atoms with van der Waals surface area (Å²) in [4.78, 5) is 11.5. The second-order valence-electron chi connectivity index (χ2n) is 4.70. The van der Waals surface area contributed by atoms with E-state index < -0.39 is 15.8 Å². The van der Waals surface area contributed by atoms with Crippen LogP contribution in [-0.4, -0.2) is 40.5 Å². The SMILES string of the molecule is CCCNCCNC(=O)CCNS(=O)(=O)c1ccc(F)cc1.Cl. The topological polar surface area (TPSA) is 87.3 Å². The number of carbonyl (C=O) groups is 1. The number of hydrogen-bond acceptors (Lipinski definition) is 4. The average Bonchev–Trinajstić information content (AvgIpc) is 2.47. The van der Waals surface area contributed by atoms with Crippen LogP contribution < -0.4 is 15.4 Å². The van der Waals surface area contributed by atoms with E-state index in [0.29, 0.717) is 13.1 Å². The summed E-state index contributed by atoms with van der Waals surface area (Å²) < 4.78 is 38.8. The van der Waals surface area contributed by atoms with Crippen molar-refractivity contribution in [2.45, 2.75) is 24.7 Å². The Morgan fingerprint density at radius 2 is 1.74 bits per heavy atom. The highest BCUT2D eigenvalue weighted by Crippen LogP contribution is 2.09. The van der Waals surface area contributed by atoms with E-state index in [-0.39, 0.29) is 36.2 Å². The molecule has 0 fully saturated rings. The Morgan fingerprint density at radius 1 is 1.09 bits per heavy atom. The first kappa shape index (κ1) is 21.8. The lowest BCUT2D eigenvalue weighted by Gasteiger charge is -2.08. The molecule has 0 aliphatic carbocycles. The average molecular weight is 368 g/mol. The molecule has 0 aliphatic rings. The van der Waals surface area contributed by atoms with E-state index in [0.717, 1.165) is 25.1 Å². The molecule has 3 N–H and O–H groups in total. The van der Waals surface area contributed by atoms with Gasteiger partial charge in [0, 0.05) is 26.1 Å². The normalized spacial score (nSPS) is 10.9. The van der Waals surface area contributed by atoms with Gasteiger partial charge in [0.25, 0.3) is 0 Å². The predicted molar refractivity (Wildman–Crippen MR) is 89.6 cm³/mol. The van der Waals surface area contributed by atoms with Gasteiger partial charge >= 0.3 is 0 Å². The van der Waals surface area contributed by atoms with Gasteiger partial charge in [-0.05, 0) is 37.2 Å². The van der Waals surface area contributed by atoms with Crippen LogP contribution in [0.4, 0.5) is 4.39 Å². The highest BCUT2D eigenvalue weighted by Gasteiger charge is 2.13. The zero-order valence-electron chi connectivity index (χ0n) is 13.0. The van der Waals surface area contributed by atoms with Gasteiger partial charge in [0.2, 0.25) is 15.9 Å². The maximum absolute atomic E-state index is 12.8. The number of nitrogens with one attached hydrogen (secondary N) is 3. The molecule has 0 saturated heterocycles. The van der Waals surface area contributed by atoms with E-state index >= 15 is 0 Å². The predicted octanol–water partition coefficient (Wildman–Crippen LogP) is 1.03. The van der Waals surface area contributed by atoms with Crippen LogP contribution in [0.25, 0.3) is 0 Å². The summed E-state index contributed by atoms with van der Waals surface area (Å²) >= 11 is 0. The molecule has 0 radical (unpaired) electrons.